The Bertz CT molecular complexity index is 866. The zero-order valence-electron chi connectivity index (χ0n) is 22.5. The van der Waals surface area contributed by atoms with Gasteiger partial charge in [-0.15, -0.1) is 0 Å². The maximum Gasteiger partial charge on any atom is 0.127 e. The Morgan fingerprint density at radius 1 is 1.06 bits per heavy atom. The van der Waals surface area contributed by atoms with Gasteiger partial charge in [0.15, 0.2) is 0 Å². The molecule has 0 aliphatic heterocycles. The molecule has 3 fully saturated rings. The smallest absolute Gasteiger partial charge is 0.127 e. The summed E-state index contributed by atoms with van der Waals surface area (Å²) in [6, 6.07) is 0. The number of carbonyl (C=O) groups is 1. The highest BCUT2D eigenvalue weighted by Crippen LogP contribution is 2.74. The highest BCUT2D eigenvalue weighted by Gasteiger charge is 2.70. The lowest BCUT2D eigenvalue weighted by molar-refractivity contribution is -0.182. The molecule has 4 aliphatic rings. The van der Waals surface area contributed by atoms with Gasteiger partial charge in [-0.25, -0.2) is 0 Å². The van der Waals surface area contributed by atoms with Gasteiger partial charge >= 0.3 is 0 Å². The van der Waals surface area contributed by atoms with Crippen LogP contribution in [0, 0.1) is 45.3 Å². The molecule has 4 rings (SSSR count). The molecular weight excluding hydrogens is 424 g/mol. The summed E-state index contributed by atoms with van der Waals surface area (Å²) in [4.78, 5) is 13.1. The van der Waals surface area contributed by atoms with Gasteiger partial charge in [0.05, 0.1) is 17.8 Å². The largest absolute Gasteiger partial charge is 0.392 e. The van der Waals surface area contributed by atoms with E-state index in [1.54, 1.807) is 13.8 Å². The van der Waals surface area contributed by atoms with Crippen LogP contribution in [0.25, 0.3) is 0 Å². The highest BCUT2D eigenvalue weighted by atomic mass is 16.3. The van der Waals surface area contributed by atoms with Crippen LogP contribution < -0.4 is 0 Å². The van der Waals surface area contributed by atoms with Gasteiger partial charge in [-0.1, -0.05) is 58.4 Å². The molecule has 0 radical (unpaired) electrons. The van der Waals surface area contributed by atoms with Crippen LogP contribution in [0.3, 0.4) is 0 Å². The van der Waals surface area contributed by atoms with Crippen molar-refractivity contribution in [2.45, 2.75) is 111 Å². The van der Waals surface area contributed by atoms with Crippen molar-refractivity contribution in [1.82, 2.24) is 0 Å². The molecule has 4 aliphatic carbocycles. The van der Waals surface area contributed by atoms with Gasteiger partial charge < -0.3 is 20.1 Å². The van der Waals surface area contributed by atoms with E-state index in [0.29, 0.717) is 18.3 Å². The first-order chi connectivity index (χ1) is 15.6. The van der Waals surface area contributed by atoms with E-state index in [2.05, 4.69) is 40.7 Å². The standard InChI is InChI=1S/C30H48O4/c1-19(9-8-13-26(2,3)34)20-12-14-29(7)25-23(32)17-22-21(10-11-24(33)27(22,4)5)30(25,18-31)16-15-28(20,29)6/h8,13,17-21,23-25,32-34H,9-12,14-16H2,1-7H3/b13-8+/t19-,20-,21-,23?,24+,25?,28-,29+,30-/m1/s1. The molecule has 3 N–H and O–H groups in total. The number of hydrogen-bond donors (Lipinski definition) is 3. The third-order valence-electron chi connectivity index (χ3n) is 11.4. The Balaban J connectivity index is 1.70. The fourth-order valence-electron chi connectivity index (χ4n) is 9.29. The fourth-order valence-corrected chi connectivity index (χ4v) is 9.29. The summed E-state index contributed by atoms with van der Waals surface area (Å²) in [6.45, 7) is 14.9. The Hall–Kier alpha value is -0.970. The number of carbonyl (C=O) groups excluding carboxylic acids is 1. The maximum atomic E-state index is 13.1. The monoisotopic (exact) mass is 472 g/mol. The number of aliphatic hydroxyl groups is 3. The molecule has 4 nitrogen and oxygen atoms in total. The van der Waals surface area contributed by atoms with Gasteiger partial charge in [0, 0.05) is 16.7 Å². The molecule has 3 saturated carbocycles. The van der Waals surface area contributed by atoms with E-state index in [1.807, 2.05) is 12.2 Å². The summed E-state index contributed by atoms with van der Waals surface area (Å²) < 4.78 is 0. The van der Waals surface area contributed by atoms with Gasteiger partial charge in [-0.3, -0.25) is 0 Å². The van der Waals surface area contributed by atoms with Crippen LogP contribution in [-0.4, -0.2) is 39.4 Å². The number of fused-ring (bicyclic) bond motifs is 5. The van der Waals surface area contributed by atoms with Crippen LogP contribution in [-0.2, 0) is 4.79 Å². The lowest BCUT2D eigenvalue weighted by Gasteiger charge is -2.66. The number of aldehydes is 1. The van der Waals surface area contributed by atoms with E-state index in [0.717, 1.165) is 44.1 Å². The molecule has 2 unspecified atom stereocenters. The van der Waals surface area contributed by atoms with Gasteiger partial charge in [0.1, 0.15) is 6.29 Å². The Morgan fingerprint density at radius 3 is 2.35 bits per heavy atom. The second kappa shape index (κ2) is 8.28. The topological polar surface area (TPSA) is 77.8 Å². The average molecular weight is 473 g/mol. The summed E-state index contributed by atoms with van der Waals surface area (Å²) in [5.41, 5.74) is -0.705. The summed E-state index contributed by atoms with van der Waals surface area (Å²) >= 11 is 0. The van der Waals surface area contributed by atoms with E-state index >= 15 is 0 Å². The predicted octanol–water partition coefficient (Wildman–Crippen LogP) is 5.46. The van der Waals surface area contributed by atoms with Crippen molar-refractivity contribution >= 4 is 6.29 Å². The Labute approximate surface area is 206 Å². The first-order valence-electron chi connectivity index (χ1n) is 13.6. The molecule has 0 spiro atoms. The molecule has 0 bridgehead atoms. The summed E-state index contributed by atoms with van der Waals surface area (Å²) in [6.07, 6.45) is 12.7. The van der Waals surface area contributed by atoms with Gasteiger partial charge in [-0.05, 0) is 87.4 Å². The minimum Gasteiger partial charge on any atom is -0.392 e. The first-order valence-corrected chi connectivity index (χ1v) is 13.6. The van der Waals surface area contributed by atoms with Crippen LogP contribution in [0.15, 0.2) is 23.8 Å². The first kappa shape index (κ1) is 26.1. The number of rotatable bonds is 5. The van der Waals surface area contributed by atoms with E-state index < -0.39 is 28.6 Å². The highest BCUT2D eigenvalue weighted by molar-refractivity contribution is 5.65. The summed E-state index contributed by atoms with van der Waals surface area (Å²) in [5, 5.41) is 32.5. The fraction of sp³-hybridized carbons (Fsp3) is 0.833. The van der Waals surface area contributed by atoms with E-state index in [9.17, 15) is 20.1 Å². The SMILES string of the molecule is C[C@H](C/C=C/C(C)(C)O)[C@H]1CC[C@@]2(C)C3C(O)C=C4[C@@H](CC[C@H](O)C4(C)C)[C@]3(C=O)CC[C@]12C. The zero-order chi connectivity index (χ0) is 25.3. The third-order valence-corrected chi connectivity index (χ3v) is 11.4. The van der Waals surface area contributed by atoms with Crippen LogP contribution >= 0.6 is 0 Å². The van der Waals surface area contributed by atoms with Gasteiger partial charge in [-0.2, -0.15) is 0 Å². The molecule has 4 heteroatoms. The molecule has 9 atom stereocenters. The molecule has 0 heterocycles. The molecule has 192 valence electrons. The van der Waals surface area contributed by atoms with Crippen LogP contribution in [0.4, 0.5) is 0 Å². The van der Waals surface area contributed by atoms with Crippen molar-refractivity contribution in [3.8, 4) is 0 Å². The van der Waals surface area contributed by atoms with Crippen LogP contribution in [0.5, 0.6) is 0 Å². The molecule has 0 saturated heterocycles. The van der Waals surface area contributed by atoms with Gasteiger partial charge in [0.25, 0.3) is 0 Å². The van der Waals surface area contributed by atoms with E-state index in [-0.39, 0.29) is 22.7 Å². The molecular formula is C30H48O4. The van der Waals surface area contributed by atoms with Crippen molar-refractivity contribution in [1.29, 1.82) is 0 Å². The summed E-state index contributed by atoms with van der Waals surface area (Å²) in [7, 11) is 0. The van der Waals surface area contributed by atoms with Crippen molar-refractivity contribution < 1.29 is 20.1 Å². The third kappa shape index (κ3) is 3.61. The van der Waals surface area contributed by atoms with Crippen molar-refractivity contribution in [3.05, 3.63) is 23.8 Å². The number of aliphatic hydroxyl groups excluding tert-OH is 2. The van der Waals surface area contributed by atoms with Crippen molar-refractivity contribution in [2.24, 2.45) is 45.3 Å². The van der Waals surface area contributed by atoms with Crippen molar-refractivity contribution in [2.75, 3.05) is 0 Å². The second-order valence-electron chi connectivity index (χ2n) is 13.9. The second-order valence-corrected chi connectivity index (χ2v) is 13.9. The number of hydrogen-bond acceptors (Lipinski definition) is 4. The minimum atomic E-state index is -0.792. The Morgan fingerprint density at radius 2 is 1.74 bits per heavy atom. The summed E-state index contributed by atoms with van der Waals surface area (Å²) in [5.74, 6) is 1.03. The molecule has 0 aromatic rings. The normalized spacial score (nSPS) is 46.9. The Kier molecular flexibility index (Phi) is 6.36. The maximum absolute atomic E-state index is 13.1. The van der Waals surface area contributed by atoms with E-state index in [1.165, 1.54) is 6.29 Å². The molecule has 0 aromatic heterocycles. The van der Waals surface area contributed by atoms with Crippen molar-refractivity contribution in [3.63, 3.8) is 0 Å². The molecule has 34 heavy (non-hydrogen) atoms. The molecule has 0 aromatic carbocycles. The molecule has 0 amide bonds. The quantitative estimate of drug-likeness (QED) is 0.367. The van der Waals surface area contributed by atoms with E-state index in [4.69, 9.17) is 0 Å². The average Bonchev–Trinajstić information content (AvgIpc) is 3.01. The zero-order valence-corrected chi connectivity index (χ0v) is 22.5. The number of allylic oxidation sites excluding steroid dienone is 1. The lowest BCUT2D eigenvalue weighted by atomic mass is 9.38. The predicted molar refractivity (Wildman–Crippen MR) is 136 cm³/mol. The minimum absolute atomic E-state index is 0.0577. The lowest BCUT2D eigenvalue weighted by Crippen LogP contribution is -2.64. The van der Waals surface area contributed by atoms with Gasteiger partial charge in [0.2, 0.25) is 0 Å². The van der Waals surface area contributed by atoms with Crippen LogP contribution in [0.1, 0.15) is 93.4 Å². The van der Waals surface area contributed by atoms with Crippen LogP contribution in [0.2, 0.25) is 0 Å².